The predicted molar refractivity (Wildman–Crippen MR) is 152 cm³/mol. The van der Waals surface area contributed by atoms with Crippen molar-refractivity contribution >= 4 is 15.7 Å². The van der Waals surface area contributed by atoms with Gasteiger partial charge in [-0.3, -0.25) is 0 Å². The maximum absolute atomic E-state index is 13.1. The Bertz CT molecular complexity index is 1040. The Morgan fingerprint density at radius 1 is 1.13 bits per heavy atom. The van der Waals surface area contributed by atoms with Crippen LogP contribution in [-0.2, 0) is 16.2 Å². The Morgan fingerprint density at radius 3 is 2.33 bits per heavy atom. The van der Waals surface area contributed by atoms with Crippen LogP contribution in [0.25, 0.3) is 0 Å². The highest BCUT2D eigenvalue weighted by atomic mass is 32.2. The third-order valence-corrected chi connectivity index (χ3v) is 8.66. The van der Waals surface area contributed by atoms with Gasteiger partial charge < -0.3 is 15.3 Å². The second kappa shape index (κ2) is 16.2. The van der Waals surface area contributed by atoms with E-state index in [9.17, 15) is 21.6 Å². The zero-order chi connectivity index (χ0) is 28.9. The maximum atomic E-state index is 13.1. The molecule has 6 nitrogen and oxygen atoms in total. The van der Waals surface area contributed by atoms with Gasteiger partial charge in [0.25, 0.3) is 0 Å². The van der Waals surface area contributed by atoms with Gasteiger partial charge in [0.05, 0.1) is 17.9 Å². The maximum Gasteiger partial charge on any atom is 0.416 e. The highest BCUT2D eigenvalue weighted by Gasteiger charge is 2.33. The van der Waals surface area contributed by atoms with E-state index in [1.54, 1.807) is 0 Å². The van der Waals surface area contributed by atoms with Crippen molar-refractivity contribution in [2.45, 2.75) is 52.1 Å². The lowest BCUT2D eigenvalue weighted by Gasteiger charge is -2.33. The summed E-state index contributed by atoms with van der Waals surface area (Å²) in [5, 5.41) is 12.3. The molecule has 1 heterocycles. The first-order chi connectivity index (χ1) is 18.5. The first kappa shape index (κ1) is 33.1. The fraction of sp³-hybridized carbons (Fsp3) is 0.586. The zero-order valence-electron chi connectivity index (χ0n) is 23.3. The number of nitrogens with zero attached hydrogens (tertiary/aromatic N) is 1. The zero-order valence-corrected chi connectivity index (χ0v) is 24.1. The van der Waals surface area contributed by atoms with E-state index in [0.29, 0.717) is 38.2 Å². The van der Waals surface area contributed by atoms with E-state index in [0.717, 1.165) is 31.1 Å². The number of hydrogen-bond acceptors (Lipinski definition) is 5. The summed E-state index contributed by atoms with van der Waals surface area (Å²) in [6.07, 6.45) is -2.27. The number of fused-ring (bicyclic) bond motifs is 1. The minimum atomic E-state index is -4.36. The molecule has 0 fully saturated rings. The van der Waals surface area contributed by atoms with Gasteiger partial charge in [0.15, 0.2) is 0 Å². The van der Waals surface area contributed by atoms with E-state index >= 15 is 0 Å². The van der Waals surface area contributed by atoms with Crippen molar-refractivity contribution in [3.63, 3.8) is 0 Å². The molecule has 10 heteroatoms. The highest BCUT2D eigenvalue weighted by Crippen LogP contribution is 2.40. The lowest BCUT2D eigenvalue weighted by molar-refractivity contribution is -0.137. The summed E-state index contributed by atoms with van der Waals surface area (Å²) >= 11 is 0. The smallest absolute Gasteiger partial charge is 0.395 e. The highest BCUT2D eigenvalue weighted by molar-refractivity contribution is 7.89. The molecular weight excluding hydrogens is 527 g/mol. The number of aliphatic hydroxyl groups excluding tert-OH is 1. The summed E-state index contributed by atoms with van der Waals surface area (Å²) in [6, 6.07) is 15.9. The lowest BCUT2D eigenvalue weighted by Crippen LogP contribution is -2.34. The lowest BCUT2D eigenvalue weighted by atomic mass is 9.79. The molecule has 2 aromatic rings. The minimum absolute atomic E-state index is 0.00660. The first-order valence-corrected chi connectivity index (χ1v) is 15.4. The molecule has 39 heavy (non-hydrogen) atoms. The Labute approximate surface area is 232 Å². The molecule has 0 bridgehead atoms. The Morgan fingerprint density at radius 2 is 1.77 bits per heavy atom. The quantitative estimate of drug-likeness (QED) is 0.293. The standard InChI is InChI=1S/C23H38F3N3O3S.C6H6/c1-4-29(11-12-30)10-5-13-33(31,32)28-15-17(2)6-7-19-16-27-22-9-8-20(23(24,25)26)14-21(22)18(19)3;1-2-4-6-5-3-1/h8-9,14,17-19,27-28,30H,4-7,10-13,15-16H2,1-3H3;1-6H. The van der Waals surface area contributed by atoms with Gasteiger partial charge in [0.1, 0.15) is 0 Å². The number of alkyl halides is 3. The number of benzene rings is 2. The minimum Gasteiger partial charge on any atom is -0.395 e. The predicted octanol–water partition coefficient (Wildman–Crippen LogP) is 5.58. The second-order valence-corrected chi connectivity index (χ2v) is 12.2. The summed E-state index contributed by atoms with van der Waals surface area (Å²) in [7, 11) is -3.37. The topological polar surface area (TPSA) is 81.7 Å². The number of hydrogen-bond donors (Lipinski definition) is 3. The van der Waals surface area contributed by atoms with Gasteiger partial charge in [-0.1, -0.05) is 57.2 Å². The monoisotopic (exact) mass is 571 g/mol. The summed E-state index contributed by atoms with van der Waals surface area (Å²) < 4.78 is 66.6. The van der Waals surface area contributed by atoms with Crippen LogP contribution in [0, 0.1) is 11.8 Å². The largest absolute Gasteiger partial charge is 0.416 e. The number of halogens is 3. The van der Waals surface area contributed by atoms with Gasteiger partial charge in [-0.2, -0.15) is 13.2 Å². The SMILES string of the molecule is CCN(CCO)CCCS(=O)(=O)NCC(C)CCC1CNc2ccc(C(F)(F)F)cc2C1C.c1ccccc1. The molecule has 0 saturated carbocycles. The van der Waals surface area contributed by atoms with Gasteiger partial charge in [-0.15, -0.1) is 0 Å². The van der Waals surface area contributed by atoms with Crippen molar-refractivity contribution in [3.8, 4) is 0 Å². The molecule has 0 amide bonds. The summed E-state index contributed by atoms with van der Waals surface area (Å²) in [6.45, 7) is 8.95. The molecule has 0 aromatic heterocycles. The summed E-state index contributed by atoms with van der Waals surface area (Å²) in [4.78, 5) is 2.01. The van der Waals surface area contributed by atoms with Crippen molar-refractivity contribution in [2.24, 2.45) is 11.8 Å². The van der Waals surface area contributed by atoms with E-state index < -0.39 is 21.8 Å². The number of aliphatic hydroxyl groups is 1. The molecular formula is C29H44F3N3O3S. The van der Waals surface area contributed by atoms with Gasteiger partial charge in [0, 0.05) is 25.3 Å². The number of nitrogens with one attached hydrogen (secondary N) is 2. The van der Waals surface area contributed by atoms with E-state index in [2.05, 4.69) is 10.0 Å². The molecule has 3 rings (SSSR count). The molecule has 0 spiro atoms. The molecule has 0 aliphatic carbocycles. The fourth-order valence-electron chi connectivity index (χ4n) is 4.68. The number of rotatable bonds is 13. The second-order valence-electron chi connectivity index (χ2n) is 10.2. The van der Waals surface area contributed by atoms with Crippen LogP contribution in [0.4, 0.5) is 18.9 Å². The molecule has 1 aliphatic rings. The average Bonchev–Trinajstić information content (AvgIpc) is 2.91. The Kier molecular flexibility index (Phi) is 13.7. The molecule has 1 aliphatic heterocycles. The average molecular weight is 572 g/mol. The first-order valence-electron chi connectivity index (χ1n) is 13.7. The van der Waals surface area contributed by atoms with Crippen LogP contribution in [0.5, 0.6) is 0 Å². The Hall–Kier alpha value is -2.14. The number of sulfonamides is 1. The molecule has 2 aromatic carbocycles. The number of anilines is 1. The van der Waals surface area contributed by atoms with Crippen molar-refractivity contribution in [3.05, 3.63) is 65.7 Å². The van der Waals surface area contributed by atoms with Crippen LogP contribution in [0.2, 0.25) is 0 Å². The third kappa shape index (κ3) is 11.9. The van der Waals surface area contributed by atoms with E-state index in [1.807, 2.05) is 62.1 Å². The Balaban J connectivity index is 0.000000780. The van der Waals surface area contributed by atoms with Crippen LogP contribution in [0.15, 0.2) is 54.6 Å². The molecule has 0 radical (unpaired) electrons. The number of likely N-dealkylation sites (N-methyl/N-ethyl adjacent to an activating group) is 1. The van der Waals surface area contributed by atoms with Crippen molar-refractivity contribution in [2.75, 3.05) is 50.4 Å². The van der Waals surface area contributed by atoms with Crippen LogP contribution >= 0.6 is 0 Å². The molecule has 220 valence electrons. The van der Waals surface area contributed by atoms with Crippen LogP contribution in [0.3, 0.4) is 0 Å². The van der Waals surface area contributed by atoms with E-state index in [4.69, 9.17) is 5.11 Å². The summed E-state index contributed by atoms with van der Waals surface area (Å²) in [5.74, 6) is 0.347. The summed E-state index contributed by atoms with van der Waals surface area (Å²) in [5.41, 5.74) is 0.821. The molecule has 3 atom stereocenters. The van der Waals surface area contributed by atoms with Crippen LogP contribution in [0.1, 0.15) is 57.1 Å². The van der Waals surface area contributed by atoms with Gasteiger partial charge in [0.2, 0.25) is 10.0 Å². The normalized spacial score (nSPS) is 18.1. The van der Waals surface area contributed by atoms with Crippen LogP contribution in [-0.4, -0.2) is 63.5 Å². The molecule has 0 saturated heterocycles. The fourth-order valence-corrected chi connectivity index (χ4v) is 5.87. The van der Waals surface area contributed by atoms with E-state index in [1.165, 1.54) is 12.1 Å². The molecule has 3 N–H and O–H groups in total. The third-order valence-electron chi connectivity index (χ3n) is 7.23. The van der Waals surface area contributed by atoms with Crippen molar-refractivity contribution in [1.29, 1.82) is 0 Å². The van der Waals surface area contributed by atoms with E-state index in [-0.39, 0.29) is 30.1 Å². The van der Waals surface area contributed by atoms with Crippen LogP contribution < -0.4 is 10.0 Å². The van der Waals surface area contributed by atoms with Gasteiger partial charge in [-0.05, 0) is 73.9 Å². The van der Waals surface area contributed by atoms with Gasteiger partial charge in [-0.25, -0.2) is 13.1 Å². The van der Waals surface area contributed by atoms with Crippen molar-refractivity contribution in [1.82, 2.24) is 9.62 Å². The van der Waals surface area contributed by atoms with Crippen molar-refractivity contribution < 1.29 is 26.7 Å². The van der Waals surface area contributed by atoms with Gasteiger partial charge >= 0.3 is 6.18 Å². The molecule has 3 unspecified atom stereocenters.